The molecule has 0 radical (unpaired) electrons. The number of nitrogens with zero attached hydrogens (tertiary/aromatic N) is 2. The van der Waals surface area contributed by atoms with Gasteiger partial charge in [0.15, 0.2) is 5.96 Å². The highest BCUT2D eigenvalue weighted by atomic mass is 127. The molecular formula is C19H40IN5O. The highest BCUT2D eigenvalue weighted by molar-refractivity contribution is 14.0. The monoisotopic (exact) mass is 481 g/mol. The van der Waals surface area contributed by atoms with Crippen LogP contribution in [0.25, 0.3) is 0 Å². The lowest BCUT2D eigenvalue weighted by atomic mass is 9.99. The van der Waals surface area contributed by atoms with E-state index >= 15 is 0 Å². The van der Waals surface area contributed by atoms with Gasteiger partial charge in [-0.15, -0.1) is 24.0 Å². The molecule has 0 aromatic carbocycles. The number of hydrogen-bond acceptors (Lipinski definition) is 3. The van der Waals surface area contributed by atoms with Gasteiger partial charge >= 0.3 is 0 Å². The van der Waals surface area contributed by atoms with Crippen LogP contribution in [0.15, 0.2) is 4.99 Å². The second kappa shape index (κ2) is 15.5. The summed E-state index contributed by atoms with van der Waals surface area (Å²) in [5, 5.41) is 9.48. The number of likely N-dealkylation sites (tertiary alicyclic amines) is 1. The van der Waals surface area contributed by atoms with Crippen LogP contribution in [0, 0.1) is 5.92 Å². The van der Waals surface area contributed by atoms with Crippen molar-refractivity contribution in [2.75, 3.05) is 39.3 Å². The summed E-state index contributed by atoms with van der Waals surface area (Å²) in [6, 6.07) is 0.243. The molecule has 7 heteroatoms. The first-order chi connectivity index (χ1) is 12.0. The molecule has 3 N–H and O–H groups in total. The molecule has 0 aliphatic carbocycles. The van der Waals surface area contributed by atoms with Crippen molar-refractivity contribution < 1.29 is 4.79 Å². The summed E-state index contributed by atoms with van der Waals surface area (Å²) >= 11 is 0. The molecule has 26 heavy (non-hydrogen) atoms. The number of halogens is 1. The van der Waals surface area contributed by atoms with Crippen molar-refractivity contribution in [1.29, 1.82) is 0 Å². The van der Waals surface area contributed by atoms with Crippen LogP contribution in [0.3, 0.4) is 0 Å². The van der Waals surface area contributed by atoms with Crippen LogP contribution in [-0.4, -0.2) is 62.1 Å². The maximum atomic E-state index is 11.8. The van der Waals surface area contributed by atoms with Crippen molar-refractivity contribution in [1.82, 2.24) is 20.9 Å². The fourth-order valence-electron chi connectivity index (χ4n) is 2.86. The number of aliphatic imine (C=N–C) groups is 1. The molecule has 1 aliphatic heterocycles. The Morgan fingerprint density at radius 2 is 1.92 bits per heavy atom. The molecule has 0 aromatic heterocycles. The quantitative estimate of drug-likeness (QED) is 0.194. The third-order valence-electron chi connectivity index (χ3n) is 4.79. The van der Waals surface area contributed by atoms with E-state index in [1.54, 1.807) is 0 Å². The minimum Gasteiger partial charge on any atom is -0.357 e. The number of guanidine groups is 1. The van der Waals surface area contributed by atoms with Crippen LogP contribution in [0.2, 0.25) is 0 Å². The molecule has 1 rings (SSSR count). The predicted molar refractivity (Wildman–Crippen MR) is 121 cm³/mol. The van der Waals surface area contributed by atoms with Gasteiger partial charge in [0, 0.05) is 32.1 Å². The number of carbonyl (C=O) groups is 1. The van der Waals surface area contributed by atoms with Crippen LogP contribution >= 0.6 is 24.0 Å². The van der Waals surface area contributed by atoms with Gasteiger partial charge in [-0.05, 0) is 65.1 Å². The Kier molecular flexibility index (Phi) is 15.1. The maximum Gasteiger partial charge on any atom is 0.221 e. The van der Waals surface area contributed by atoms with Gasteiger partial charge in [-0.1, -0.05) is 13.8 Å². The fraction of sp³-hybridized carbons (Fsp3) is 0.895. The third-order valence-corrected chi connectivity index (χ3v) is 4.79. The number of piperidine rings is 1. The van der Waals surface area contributed by atoms with Crippen molar-refractivity contribution >= 4 is 35.8 Å². The average Bonchev–Trinajstić information content (AvgIpc) is 2.60. The van der Waals surface area contributed by atoms with Crippen molar-refractivity contribution in [3.05, 3.63) is 0 Å². The van der Waals surface area contributed by atoms with Crippen molar-refractivity contribution in [2.45, 2.75) is 65.8 Å². The molecule has 1 aliphatic rings. The first-order valence-electron chi connectivity index (χ1n) is 10.1. The van der Waals surface area contributed by atoms with E-state index in [0.717, 1.165) is 44.4 Å². The fourth-order valence-corrected chi connectivity index (χ4v) is 2.86. The number of hydrogen-bond donors (Lipinski definition) is 3. The number of carbonyl (C=O) groups excluding carboxylic acids is 1. The molecule has 0 aromatic rings. The third kappa shape index (κ3) is 11.9. The Morgan fingerprint density at radius 1 is 1.23 bits per heavy atom. The highest BCUT2D eigenvalue weighted by Crippen LogP contribution is 2.15. The van der Waals surface area contributed by atoms with Gasteiger partial charge in [-0.25, -0.2) is 0 Å². The van der Waals surface area contributed by atoms with E-state index in [2.05, 4.69) is 46.6 Å². The zero-order chi connectivity index (χ0) is 18.5. The Bertz CT molecular complexity index is 397. The first kappa shape index (κ1) is 25.4. The van der Waals surface area contributed by atoms with Gasteiger partial charge in [-0.2, -0.15) is 0 Å². The molecule has 1 atom stereocenters. The second-order valence-corrected chi connectivity index (χ2v) is 7.19. The topological polar surface area (TPSA) is 68.8 Å². The lowest BCUT2D eigenvalue weighted by Crippen LogP contribution is -2.40. The molecule has 6 nitrogen and oxygen atoms in total. The summed E-state index contributed by atoms with van der Waals surface area (Å²) in [4.78, 5) is 19.0. The van der Waals surface area contributed by atoms with E-state index in [1.165, 1.54) is 25.9 Å². The summed E-state index contributed by atoms with van der Waals surface area (Å²) < 4.78 is 0. The molecular weight excluding hydrogens is 441 g/mol. The van der Waals surface area contributed by atoms with Crippen molar-refractivity contribution in [3.8, 4) is 0 Å². The van der Waals surface area contributed by atoms with Gasteiger partial charge in [0.25, 0.3) is 0 Å². The van der Waals surface area contributed by atoms with E-state index in [4.69, 9.17) is 0 Å². The van der Waals surface area contributed by atoms with Gasteiger partial charge in [-0.3, -0.25) is 9.79 Å². The van der Waals surface area contributed by atoms with Gasteiger partial charge < -0.3 is 20.9 Å². The smallest absolute Gasteiger partial charge is 0.221 e. The molecule has 0 bridgehead atoms. The SMILES string of the molecule is CCNC(=NCCCN1CCC(C)CC1)NCCC(=O)NC(C)CC.I. The molecule has 0 saturated carbocycles. The Balaban J connectivity index is 0.00000625. The van der Waals surface area contributed by atoms with E-state index in [1.807, 2.05) is 6.92 Å². The Labute approximate surface area is 177 Å². The average molecular weight is 481 g/mol. The lowest BCUT2D eigenvalue weighted by molar-refractivity contribution is -0.121. The van der Waals surface area contributed by atoms with E-state index in [-0.39, 0.29) is 35.9 Å². The van der Waals surface area contributed by atoms with E-state index < -0.39 is 0 Å². The highest BCUT2D eigenvalue weighted by Gasteiger charge is 2.14. The Hall–Kier alpha value is -0.570. The van der Waals surface area contributed by atoms with Crippen LogP contribution in [0.5, 0.6) is 0 Å². The zero-order valence-electron chi connectivity index (χ0n) is 17.1. The predicted octanol–water partition coefficient (Wildman–Crippen LogP) is 2.59. The van der Waals surface area contributed by atoms with Crippen LogP contribution in [0.4, 0.5) is 0 Å². The largest absolute Gasteiger partial charge is 0.357 e. The van der Waals surface area contributed by atoms with Crippen molar-refractivity contribution in [3.63, 3.8) is 0 Å². The van der Waals surface area contributed by atoms with Crippen LogP contribution in [0.1, 0.15) is 59.8 Å². The minimum atomic E-state index is 0. The molecule has 1 amide bonds. The standard InChI is InChI=1S/C19H39N5O.HI/c1-5-17(4)23-18(25)8-12-22-19(20-6-2)21-11-7-13-24-14-9-16(3)10-15-24;/h16-17H,5-15H2,1-4H3,(H,23,25)(H2,20,21,22);1H. The van der Waals surface area contributed by atoms with E-state index in [9.17, 15) is 4.79 Å². The lowest BCUT2D eigenvalue weighted by Gasteiger charge is -2.29. The van der Waals surface area contributed by atoms with Gasteiger partial charge in [0.05, 0.1) is 0 Å². The number of nitrogens with one attached hydrogen (secondary N) is 3. The normalized spacial score (nSPS) is 17.3. The maximum absolute atomic E-state index is 11.8. The van der Waals surface area contributed by atoms with Crippen LogP contribution < -0.4 is 16.0 Å². The van der Waals surface area contributed by atoms with Gasteiger partial charge in [0.2, 0.25) is 5.91 Å². The second-order valence-electron chi connectivity index (χ2n) is 7.19. The minimum absolute atomic E-state index is 0. The number of rotatable bonds is 10. The van der Waals surface area contributed by atoms with Gasteiger partial charge in [0.1, 0.15) is 0 Å². The Morgan fingerprint density at radius 3 is 2.54 bits per heavy atom. The summed E-state index contributed by atoms with van der Waals surface area (Å²) in [5.41, 5.74) is 0. The molecule has 1 saturated heterocycles. The van der Waals surface area contributed by atoms with Crippen LogP contribution in [-0.2, 0) is 4.79 Å². The molecule has 0 spiro atoms. The molecule has 154 valence electrons. The van der Waals surface area contributed by atoms with Crippen molar-refractivity contribution in [2.24, 2.45) is 10.9 Å². The molecule has 1 unspecified atom stereocenters. The summed E-state index contributed by atoms with van der Waals surface area (Å²) in [7, 11) is 0. The first-order valence-corrected chi connectivity index (χ1v) is 10.1. The molecule has 1 fully saturated rings. The summed E-state index contributed by atoms with van der Waals surface area (Å²) in [6.07, 6.45) is 5.16. The summed E-state index contributed by atoms with van der Waals surface area (Å²) in [5.74, 6) is 1.79. The summed E-state index contributed by atoms with van der Waals surface area (Å²) in [6.45, 7) is 14.4. The number of amides is 1. The van der Waals surface area contributed by atoms with E-state index in [0.29, 0.717) is 13.0 Å². The zero-order valence-corrected chi connectivity index (χ0v) is 19.5. The molecule has 1 heterocycles.